The molecule has 0 fully saturated rings. The predicted molar refractivity (Wildman–Crippen MR) is 85.9 cm³/mol. The third-order valence-electron chi connectivity index (χ3n) is 2.90. The van der Waals surface area contributed by atoms with E-state index in [-0.39, 0.29) is 0 Å². The maximum Gasteiger partial charge on any atom is 0.0534 e. The van der Waals surface area contributed by atoms with Gasteiger partial charge in [-0.15, -0.1) is 11.8 Å². The van der Waals surface area contributed by atoms with Gasteiger partial charge in [-0.2, -0.15) is 5.10 Å². The van der Waals surface area contributed by atoms with Crippen LogP contribution in [-0.2, 0) is 13.1 Å². The normalized spacial score (nSPS) is 11.2. The van der Waals surface area contributed by atoms with Crippen molar-refractivity contribution in [1.82, 2.24) is 15.1 Å². The standard InChI is InChI=1S/C16H23N3S/c1-14(2)10-17-11-15-12-18-19(13-15)8-9-20-16-6-4-3-5-7-16/h3-7,12-14,17H,8-11H2,1-2H3. The van der Waals surface area contributed by atoms with Gasteiger partial charge in [0.05, 0.1) is 12.7 Å². The molecule has 2 rings (SSSR count). The molecule has 0 saturated heterocycles. The average Bonchev–Trinajstić information content (AvgIpc) is 2.87. The van der Waals surface area contributed by atoms with Crippen LogP contribution in [0.5, 0.6) is 0 Å². The molecule has 0 unspecified atom stereocenters. The highest BCUT2D eigenvalue weighted by Gasteiger charge is 2.00. The fourth-order valence-corrected chi connectivity index (χ4v) is 2.76. The van der Waals surface area contributed by atoms with Crippen LogP contribution >= 0.6 is 11.8 Å². The van der Waals surface area contributed by atoms with Crippen LogP contribution < -0.4 is 5.32 Å². The Morgan fingerprint density at radius 3 is 2.80 bits per heavy atom. The Morgan fingerprint density at radius 2 is 2.05 bits per heavy atom. The monoisotopic (exact) mass is 289 g/mol. The average molecular weight is 289 g/mol. The van der Waals surface area contributed by atoms with E-state index in [9.17, 15) is 0 Å². The third-order valence-corrected chi connectivity index (χ3v) is 3.89. The largest absolute Gasteiger partial charge is 0.312 e. The summed E-state index contributed by atoms with van der Waals surface area (Å²) in [5.41, 5.74) is 1.26. The van der Waals surface area contributed by atoms with E-state index < -0.39 is 0 Å². The summed E-state index contributed by atoms with van der Waals surface area (Å²) in [5, 5.41) is 7.85. The Bertz CT molecular complexity index is 493. The van der Waals surface area contributed by atoms with Crippen LogP contribution in [0.2, 0.25) is 0 Å². The summed E-state index contributed by atoms with van der Waals surface area (Å²) in [7, 11) is 0. The van der Waals surface area contributed by atoms with Crippen LogP contribution in [0.15, 0.2) is 47.6 Å². The summed E-state index contributed by atoms with van der Waals surface area (Å²) >= 11 is 1.87. The second-order valence-corrected chi connectivity index (χ2v) is 6.47. The van der Waals surface area contributed by atoms with Gasteiger partial charge >= 0.3 is 0 Å². The second kappa shape index (κ2) is 8.12. The number of benzene rings is 1. The van der Waals surface area contributed by atoms with Crippen LogP contribution in [0.4, 0.5) is 0 Å². The minimum absolute atomic E-state index is 0.687. The van der Waals surface area contributed by atoms with Crippen molar-refractivity contribution in [2.45, 2.75) is 31.8 Å². The molecule has 0 bridgehead atoms. The van der Waals surface area contributed by atoms with E-state index >= 15 is 0 Å². The zero-order chi connectivity index (χ0) is 14.2. The number of thioether (sulfide) groups is 1. The highest BCUT2D eigenvalue weighted by atomic mass is 32.2. The predicted octanol–water partition coefficient (Wildman–Crippen LogP) is 3.42. The van der Waals surface area contributed by atoms with Crippen LogP contribution in [0, 0.1) is 5.92 Å². The van der Waals surface area contributed by atoms with Crippen molar-refractivity contribution in [2.75, 3.05) is 12.3 Å². The van der Waals surface area contributed by atoms with Crippen LogP contribution in [0.3, 0.4) is 0 Å². The van der Waals surface area contributed by atoms with Gasteiger partial charge in [-0.25, -0.2) is 0 Å². The molecule has 0 aliphatic carbocycles. The topological polar surface area (TPSA) is 29.9 Å². The first-order valence-corrected chi connectivity index (χ1v) is 8.12. The number of aryl methyl sites for hydroxylation is 1. The van der Waals surface area contributed by atoms with E-state index in [0.717, 1.165) is 25.4 Å². The fraction of sp³-hybridized carbons (Fsp3) is 0.438. The first kappa shape index (κ1) is 15.1. The zero-order valence-corrected chi connectivity index (χ0v) is 13.1. The fourth-order valence-electron chi connectivity index (χ4n) is 1.90. The quantitative estimate of drug-likeness (QED) is 0.755. The second-order valence-electron chi connectivity index (χ2n) is 5.30. The third kappa shape index (κ3) is 5.39. The van der Waals surface area contributed by atoms with Gasteiger partial charge < -0.3 is 5.32 Å². The van der Waals surface area contributed by atoms with Crippen molar-refractivity contribution in [3.8, 4) is 0 Å². The van der Waals surface area contributed by atoms with Gasteiger partial charge in [0.15, 0.2) is 0 Å². The lowest BCUT2D eigenvalue weighted by atomic mass is 10.2. The van der Waals surface area contributed by atoms with Gasteiger partial charge in [-0.05, 0) is 24.6 Å². The molecule has 1 aromatic heterocycles. The van der Waals surface area contributed by atoms with Crippen molar-refractivity contribution in [2.24, 2.45) is 5.92 Å². The van der Waals surface area contributed by atoms with Gasteiger partial charge in [0.25, 0.3) is 0 Å². The summed E-state index contributed by atoms with van der Waals surface area (Å²) in [5.74, 6) is 1.73. The molecule has 0 amide bonds. The van der Waals surface area contributed by atoms with Crippen molar-refractivity contribution < 1.29 is 0 Å². The van der Waals surface area contributed by atoms with E-state index in [1.54, 1.807) is 0 Å². The first-order chi connectivity index (χ1) is 9.74. The smallest absolute Gasteiger partial charge is 0.0534 e. The molecule has 0 radical (unpaired) electrons. The lowest BCUT2D eigenvalue weighted by Gasteiger charge is -2.05. The summed E-state index contributed by atoms with van der Waals surface area (Å²) in [4.78, 5) is 1.32. The SMILES string of the molecule is CC(C)CNCc1cnn(CCSc2ccccc2)c1. The summed E-state index contributed by atoms with van der Waals surface area (Å²) in [6.45, 7) is 7.34. The summed E-state index contributed by atoms with van der Waals surface area (Å²) in [6.07, 6.45) is 4.10. The molecule has 20 heavy (non-hydrogen) atoms. The van der Waals surface area contributed by atoms with Crippen molar-refractivity contribution in [1.29, 1.82) is 0 Å². The Hall–Kier alpha value is -1.26. The Balaban J connectivity index is 1.70. The van der Waals surface area contributed by atoms with Crippen molar-refractivity contribution in [3.63, 3.8) is 0 Å². The molecule has 0 aliphatic rings. The minimum atomic E-state index is 0.687. The van der Waals surface area contributed by atoms with Gasteiger partial charge in [0.1, 0.15) is 0 Å². The van der Waals surface area contributed by atoms with Gasteiger partial charge in [0.2, 0.25) is 0 Å². The van der Waals surface area contributed by atoms with Crippen molar-refractivity contribution in [3.05, 3.63) is 48.3 Å². The molecule has 0 aliphatic heterocycles. The number of rotatable bonds is 8. The molecule has 0 spiro atoms. The summed E-state index contributed by atoms with van der Waals surface area (Å²) < 4.78 is 2.03. The van der Waals surface area contributed by atoms with E-state index in [2.05, 4.69) is 54.7 Å². The molecular weight excluding hydrogens is 266 g/mol. The van der Waals surface area contributed by atoms with Crippen LogP contribution in [-0.4, -0.2) is 22.1 Å². The number of nitrogens with one attached hydrogen (secondary N) is 1. The molecule has 3 nitrogen and oxygen atoms in total. The van der Waals surface area contributed by atoms with Gasteiger partial charge in [-0.3, -0.25) is 4.68 Å². The van der Waals surface area contributed by atoms with E-state index in [0.29, 0.717) is 5.92 Å². The summed E-state index contributed by atoms with van der Waals surface area (Å²) in [6, 6.07) is 10.5. The van der Waals surface area contributed by atoms with Crippen molar-refractivity contribution >= 4 is 11.8 Å². The molecule has 0 saturated carbocycles. The number of hydrogen-bond donors (Lipinski definition) is 1. The molecule has 1 aromatic carbocycles. The van der Waals surface area contributed by atoms with E-state index in [1.165, 1.54) is 10.5 Å². The highest BCUT2D eigenvalue weighted by Crippen LogP contribution is 2.16. The first-order valence-electron chi connectivity index (χ1n) is 7.14. The molecule has 108 valence electrons. The highest BCUT2D eigenvalue weighted by molar-refractivity contribution is 7.99. The molecule has 1 N–H and O–H groups in total. The zero-order valence-electron chi connectivity index (χ0n) is 12.2. The Kier molecular flexibility index (Phi) is 6.15. The van der Waals surface area contributed by atoms with Crippen LogP contribution in [0.1, 0.15) is 19.4 Å². The number of hydrogen-bond acceptors (Lipinski definition) is 3. The van der Waals surface area contributed by atoms with E-state index in [1.807, 2.05) is 28.7 Å². The Morgan fingerprint density at radius 1 is 1.25 bits per heavy atom. The molecule has 2 aromatic rings. The van der Waals surface area contributed by atoms with Gasteiger partial charge in [-0.1, -0.05) is 32.0 Å². The molecule has 1 heterocycles. The maximum atomic E-state index is 4.41. The molecule has 4 heteroatoms. The minimum Gasteiger partial charge on any atom is -0.312 e. The lowest BCUT2D eigenvalue weighted by molar-refractivity contribution is 0.552. The molecular formula is C16H23N3S. The number of nitrogens with zero attached hydrogens (tertiary/aromatic N) is 2. The maximum absolute atomic E-state index is 4.41. The number of aromatic nitrogens is 2. The molecule has 0 atom stereocenters. The Labute approximate surface area is 125 Å². The van der Waals surface area contributed by atoms with Gasteiger partial charge in [0, 0.05) is 29.0 Å². The van der Waals surface area contributed by atoms with E-state index in [4.69, 9.17) is 0 Å². The van der Waals surface area contributed by atoms with Crippen LogP contribution in [0.25, 0.3) is 0 Å². The lowest BCUT2D eigenvalue weighted by Crippen LogP contribution is -2.18.